The van der Waals surface area contributed by atoms with Crippen molar-refractivity contribution in [3.05, 3.63) is 45.8 Å². The number of ketones is 1. The smallest absolute Gasteiger partial charge is 0.351 e. The van der Waals surface area contributed by atoms with Crippen LogP contribution in [0.5, 0.6) is 11.7 Å². The van der Waals surface area contributed by atoms with Crippen LogP contribution in [0.2, 0.25) is 0 Å². The number of rotatable bonds is 4. The molecule has 23 heavy (non-hydrogen) atoms. The SMILES string of the molecule is CNc1cccc(N=C(C)c2c(O)c(C(C)=O)c(O)oc2=O)c1. The minimum absolute atomic E-state index is 0.159. The van der Waals surface area contributed by atoms with Gasteiger partial charge in [-0.1, -0.05) is 6.07 Å². The lowest BCUT2D eigenvalue weighted by atomic mass is 10.1. The van der Waals surface area contributed by atoms with Gasteiger partial charge in [-0.2, -0.15) is 0 Å². The lowest BCUT2D eigenvalue weighted by Crippen LogP contribution is -2.15. The van der Waals surface area contributed by atoms with Crippen LogP contribution in [0.3, 0.4) is 0 Å². The highest BCUT2D eigenvalue weighted by Gasteiger charge is 2.23. The Hall–Kier alpha value is -3.09. The zero-order valence-electron chi connectivity index (χ0n) is 12.9. The molecule has 0 atom stereocenters. The number of aromatic hydroxyl groups is 2. The van der Waals surface area contributed by atoms with Crippen molar-refractivity contribution in [1.82, 2.24) is 0 Å². The van der Waals surface area contributed by atoms with Gasteiger partial charge in [0, 0.05) is 12.7 Å². The summed E-state index contributed by atoms with van der Waals surface area (Å²) in [4.78, 5) is 27.6. The molecule has 0 spiro atoms. The number of benzene rings is 1. The largest absolute Gasteiger partial charge is 0.506 e. The van der Waals surface area contributed by atoms with Gasteiger partial charge in [0.05, 0.1) is 11.4 Å². The van der Waals surface area contributed by atoms with Crippen molar-refractivity contribution < 1.29 is 19.4 Å². The summed E-state index contributed by atoms with van der Waals surface area (Å²) in [6, 6.07) is 7.08. The van der Waals surface area contributed by atoms with E-state index in [-0.39, 0.29) is 11.3 Å². The van der Waals surface area contributed by atoms with E-state index in [1.165, 1.54) is 6.92 Å². The molecule has 1 heterocycles. The first kappa shape index (κ1) is 16.3. The van der Waals surface area contributed by atoms with E-state index < -0.39 is 28.7 Å². The maximum absolute atomic E-state index is 11.9. The molecule has 0 aliphatic rings. The van der Waals surface area contributed by atoms with Crippen molar-refractivity contribution in [3.8, 4) is 11.7 Å². The van der Waals surface area contributed by atoms with Gasteiger partial charge in [0.2, 0.25) is 0 Å². The van der Waals surface area contributed by atoms with Gasteiger partial charge >= 0.3 is 5.63 Å². The van der Waals surface area contributed by atoms with E-state index in [2.05, 4.69) is 14.7 Å². The normalized spacial score (nSPS) is 11.3. The Labute approximate surface area is 131 Å². The first-order chi connectivity index (χ1) is 10.8. The molecule has 2 aromatic rings. The molecule has 0 aliphatic heterocycles. The summed E-state index contributed by atoms with van der Waals surface area (Å²) in [5, 5.41) is 22.6. The van der Waals surface area contributed by atoms with E-state index in [9.17, 15) is 19.8 Å². The van der Waals surface area contributed by atoms with Gasteiger partial charge in [0.15, 0.2) is 5.78 Å². The van der Waals surface area contributed by atoms with Crippen molar-refractivity contribution in [1.29, 1.82) is 0 Å². The fourth-order valence-electron chi connectivity index (χ4n) is 2.13. The summed E-state index contributed by atoms with van der Waals surface area (Å²) in [5.74, 6) is -2.18. The van der Waals surface area contributed by atoms with Crippen molar-refractivity contribution >= 4 is 22.9 Å². The Bertz CT molecular complexity index is 852. The standard InChI is InChI=1S/C16H16N2O5/c1-8(18-11-6-4-5-10(7-11)17-3)12-14(20)13(9(2)19)16(22)23-15(12)21/h4-7,17,20,22H,1-3H3. The number of carbonyl (C=O) groups is 1. The van der Waals surface area contributed by atoms with E-state index in [4.69, 9.17) is 0 Å². The number of carbonyl (C=O) groups excluding carboxylic acids is 1. The zero-order valence-corrected chi connectivity index (χ0v) is 12.9. The third-order valence-corrected chi connectivity index (χ3v) is 3.23. The number of nitrogens with zero attached hydrogens (tertiary/aromatic N) is 1. The second-order valence-electron chi connectivity index (χ2n) is 4.85. The second-order valence-corrected chi connectivity index (χ2v) is 4.85. The summed E-state index contributed by atoms with van der Waals surface area (Å²) < 4.78 is 4.61. The van der Waals surface area contributed by atoms with Crippen molar-refractivity contribution in [2.24, 2.45) is 4.99 Å². The molecule has 1 aromatic carbocycles. The number of anilines is 1. The summed E-state index contributed by atoms with van der Waals surface area (Å²) in [5.41, 5.74) is -0.153. The molecule has 7 heteroatoms. The lowest BCUT2D eigenvalue weighted by molar-refractivity contribution is 0.100. The molecule has 1 aromatic heterocycles. The number of hydrogen-bond donors (Lipinski definition) is 3. The van der Waals surface area contributed by atoms with Gasteiger partial charge in [-0.25, -0.2) is 4.79 Å². The Morgan fingerprint density at radius 2 is 1.91 bits per heavy atom. The highest BCUT2D eigenvalue weighted by molar-refractivity contribution is 6.07. The molecule has 3 N–H and O–H groups in total. The van der Waals surface area contributed by atoms with Gasteiger partial charge in [-0.15, -0.1) is 0 Å². The molecular weight excluding hydrogens is 300 g/mol. The third-order valence-electron chi connectivity index (χ3n) is 3.23. The summed E-state index contributed by atoms with van der Waals surface area (Å²) in [6.45, 7) is 2.64. The fraction of sp³-hybridized carbons (Fsp3) is 0.188. The maximum atomic E-state index is 11.9. The van der Waals surface area contributed by atoms with Crippen LogP contribution >= 0.6 is 0 Å². The minimum Gasteiger partial charge on any atom is -0.506 e. The summed E-state index contributed by atoms with van der Waals surface area (Å²) in [6.07, 6.45) is 0. The van der Waals surface area contributed by atoms with Gasteiger partial charge in [-0.3, -0.25) is 9.79 Å². The highest BCUT2D eigenvalue weighted by atomic mass is 16.5. The Morgan fingerprint density at radius 1 is 1.22 bits per heavy atom. The predicted molar refractivity (Wildman–Crippen MR) is 86.2 cm³/mol. The Morgan fingerprint density at radius 3 is 2.52 bits per heavy atom. The summed E-state index contributed by atoms with van der Waals surface area (Å²) in [7, 11) is 1.76. The van der Waals surface area contributed by atoms with Crippen LogP contribution in [0.1, 0.15) is 29.8 Å². The molecule has 0 radical (unpaired) electrons. The molecule has 0 bridgehead atoms. The Kier molecular flexibility index (Phi) is 4.49. The van der Waals surface area contributed by atoms with E-state index >= 15 is 0 Å². The van der Waals surface area contributed by atoms with E-state index in [1.54, 1.807) is 25.2 Å². The molecule has 0 saturated heterocycles. The number of aliphatic imine (C=N–C) groups is 1. The van der Waals surface area contributed by atoms with E-state index in [0.29, 0.717) is 5.69 Å². The average Bonchev–Trinajstić information content (AvgIpc) is 2.46. The van der Waals surface area contributed by atoms with Gasteiger partial charge in [-0.05, 0) is 32.0 Å². The molecule has 0 amide bonds. The number of nitrogens with one attached hydrogen (secondary N) is 1. The van der Waals surface area contributed by atoms with Crippen LogP contribution in [0.15, 0.2) is 38.5 Å². The van der Waals surface area contributed by atoms with Crippen LogP contribution < -0.4 is 10.9 Å². The molecular formula is C16H16N2O5. The number of Topliss-reactive ketones (excluding diaryl/α,β-unsaturated/α-hetero) is 1. The van der Waals surface area contributed by atoms with Gasteiger partial charge in [0.25, 0.3) is 5.95 Å². The lowest BCUT2D eigenvalue weighted by Gasteiger charge is -2.08. The quantitative estimate of drug-likeness (QED) is 0.590. The third kappa shape index (κ3) is 3.23. The van der Waals surface area contributed by atoms with Crippen molar-refractivity contribution in [2.75, 3.05) is 12.4 Å². The topological polar surface area (TPSA) is 112 Å². The Balaban J connectivity index is 2.61. The van der Waals surface area contributed by atoms with Crippen molar-refractivity contribution in [2.45, 2.75) is 13.8 Å². The summed E-state index contributed by atoms with van der Waals surface area (Å²) >= 11 is 0. The monoisotopic (exact) mass is 316 g/mol. The molecule has 7 nitrogen and oxygen atoms in total. The van der Waals surface area contributed by atoms with Gasteiger partial charge < -0.3 is 19.9 Å². The first-order valence-electron chi connectivity index (χ1n) is 6.78. The van der Waals surface area contributed by atoms with Crippen molar-refractivity contribution in [3.63, 3.8) is 0 Å². The van der Waals surface area contributed by atoms with E-state index in [1.807, 2.05) is 6.07 Å². The number of hydrogen-bond acceptors (Lipinski definition) is 7. The molecule has 0 saturated carbocycles. The average molecular weight is 316 g/mol. The maximum Gasteiger partial charge on any atom is 0.351 e. The minimum atomic E-state index is -0.976. The van der Waals surface area contributed by atoms with Crippen LogP contribution in [0.25, 0.3) is 0 Å². The molecule has 0 aliphatic carbocycles. The predicted octanol–water partition coefficient (Wildman–Crippen LogP) is 2.44. The van der Waals surface area contributed by atoms with Gasteiger partial charge in [0.1, 0.15) is 16.9 Å². The first-order valence-corrected chi connectivity index (χ1v) is 6.78. The van der Waals surface area contributed by atoms with E-state index in [0.717, 1.165) is 12.6 Å². The second kappa shape index (κ2) is 6.35. The molecule has 2 rings (SSSR count). The molecule has 120 valence electrons. The van der Waals surface area contributed by atoms with Crippen LogP contribution in [-0.2, 0) is 0 Å². The molecule has 0 unspecified atom stereocenters. The van der Waals surface area contributed by atoms with Crippen LogP contribution in [-0.4, -0.2) is 28.8 Å². The van der Waals surface area contributed by atoms with Crippen LogP contribution in [0.4, 0.5) is 11.4 Å². The van der Waals surface area contributed by atoms with Crippen LogP contribution in [0, 0.1) is 0 Å². The molecule has 0 fully saturated rings. The zero-order chi connectivity index (χ0) is 17.1. The highest BCUT2D eigenvalue weighted by Crippen LogP contribution is 2.29. The fourth-order valence-corrected chi connectivity index (χ4v) is 2.13.